The van der Waals surface area contributed by atoms with Crippen LogP contribution >= 0.6 is 0 Å². The van der Waals surface area contributed by atoms with Crippen LogP contribution in [0.15, 0.2) is 72.8 Å². The van der Waals surface area contributed by atoms with Gasteiger partial charge in [0.1, 0.15) is 6.10 Å². The molecule has 3 rings (SSSR count). The minimum atomic E-state index is -1.63. The Hall–Kier alpha value is -1.72. The molecular weight excluding hydrogens is 400 g/mol. The summed E-state index contributed by atoms with van der Waals surface area (Å²) in [7, 11) is -1.63. The van der Waals surface area contributed by atoms with E-state index in [1.165, 1.54) is 29.3 Å². The zero-order chi connectivity index (χ0) is 21.9. The summed E-state index contributed by atoms with van der Waals surface area (Å²) in [5.41, 5.74) is 2.38. The summed E-state index contributed by atoms with van der Waals surface area (Å²) in [6, 6.07) is 24.3. The van der Waals surface area contributed by atoms with Crippen LogP contribution in [0.5, 0.6) is 0 Å². The van der Waals surface area contributed by atoms with Gasteiger partial charge in [0.15, 0.2) is 8.32 Å². The van der Waals surface area contributed by atoms with Crippen LogP contribution in [0.25, 0.3) is 0 Å². The Kier molecular flexibility index (Phi) is 9.53. The fourth-order valence-corrected chi connectivity index (χ4v) is 7.00. The van der Waals surface area contributed by atoms with Gasteiger partial charge in [-0.25, -0.2) is 0 Å². The van der Waals surface area contributed by atoms with E-state index in [-0.39, 0.29) is 12.2 Å². The molecule has 0 spiro atoms. The predicted octanol–water partition coefficient (Wildman–Crippen LogP) is 6.76. The van der Waals surface area contributed by atoms with Crippen LogP contribution in [0.2, 0.25) is 18.1 Å². The van der Waals surface area contributed by atoms with Crippen molar-refractivity contribution >= 4 is 8.32 Å². The highest BCUT2D eigenvalue weighted by atomic mass is 28.4. The van der Waals surface area contributed by atoms with Crippen LogP contribution in [0.1, 0.15) is 38.3 Å². The topological polar surface area (TPSA) is 27.7 Å². The second-order valence-electron chi connectivity index (χ2n) is 8.50. The summed E-state index contributed by atoms with van der Waals surface area (Å²) in [4.78, 5) is 0. The van der Waals surface area contributed by atoms with Crippen molar-refractivity contribution < 1.29 is 13.9 Å². The predicted molar refractivity (Wildman–Crippen MR) is 130 cm³/mol. The molecule has 0 N–H and O–H groups in total. The Balaban J connectivity index is 1.69. The van der Waals surface area contributed by atoms with Gasteiger partial charge in [-0.15, -0.1) is 0 Å². The van der Waals surface area contributed by atoms with Gasteiger partial charge in [0.05, 0.1) is 19.3 Å². The average molecular weight is 439 g/mol. The molecule has 1 aliphatic carbocycles. The largest absolute Gasteiger partial charge is 0.416 e. The highest BCUT2D eigenvalue weighted by Gasteiger charge is 2.36. The normalized spacial score (nSPS) is 21.3. The number of rotatable bonds is 12. The Bertz CT molecular complexity index is 765. The molecule has 31 heavy (non-hydrogen) atoms. The first-order chi connectivity index (χ1) is 15.2. The third kappa shape index (κ3) is 6.88. The van der Waals surface area contributed by atoms with Crippen molar-refractivity contribution in [2.75, 3.05) is 6.61 Å². The lowest BCUT2D eigenvalue weighted by molar-refractivity contribution is -0.101. The lowest BCUT2D eigenvalue weighted by Gasteiger charge is -2.37. The van der Waals surface area contributed by atoms with Crippen LogP contribution in [-0.4, -0.2) is 27.1 Å². The second kappa shape index (κ2) is 12.3. The Morgan fingerprint density at radius 3 is 1.87 bits per heavy atom. The first-order valence-electron chi connectivity index (χ1n) is 11.8. The van der Waals surface area contributed by atoms with Crippen LogP contribution < -0.4 is 0 Å². The van der Waals surface area contributed by atoms with Crippen molar-refractivity contribution in [3.05, 3.63) is 83.9 Å². The molecule has 1 aliphatic rings. The van der Waals surface area contributed by atoms with Crippen molar-refractivity contribution in [1.29, 1.82) is 0 Å². The number of ether oxygens (including phenoxy) is 2. The average Bonchev–Trinajstić information content (AvgIpc) is 2.84. The highest BCUT2D eigenvalue weighted by molar-refractivity contribution is 6.73. The first-order valence-corrected chi connectivity index (χ1v) is 14.3. The molecule has 0 amide bonds. The Labute approximate surface area is 189 Å². The van der Waals surface area contributed by atoms with E-state index in [0.717, 1.165) is 13.0 Å². The van der Waals surface area contributed by atoms with E-state index in [1.54, 1.807) is 0 Å². The zero-order valence-corrected chi connectivity index (χ0v) is 20.3. The van der Waals surface area contributed by atoms with Crippen LogP contribution in [0, 0.1) is 5.92 Å². The standard InChI is InChI=1S/C27H38O3Si/c1-4-31(5-2,6-3)30-22-25-18-13-19-26(28-20-23-14-9-7-10-15-23)27(25)29-21-24-16-11-8-12-17-24/h7-17,19,25-27H,4-6,18,20-22H2,1-3H3/t25-,26-,27-/m1/s1. The summed E-state index contributed by atoms with van der Waals surface area (Å²) < 4.78 is 19.5. The van der Waals surface area contributed by atoms with Crippen molar-refractivity contribution in [3.8, 4) is 0 Å². The third-order valence-electron chi connectivity index (χ3n) is 6.66. The molecule has 0 bridgehead atoms. The van der Waals surface area contributed by atoms with E-state index in [9.17, 15) is 0 Å². The van der Waals surface area contributed by atoms with Crippen LogP contribution in [0.3, 0.4) is 0 Å². The van der Waals surface area contributed by atoms with E-state index in [2.05, 4.69) is 81.5 Å². The second-order valence-corrected chi connectivity index (χ2v) is 13.3. The zero-order valence-electron chi connectivity index (χ0n) is 19.3. The molecule has 0 saturated heterocycles. The van der Waals surface area contributed by atoms with Gasteiger partial charge >= 0.3 is 0 Å². The van der Waals surface area contributed by atoms with Gasteiger partial charge in [-0.2, -0.15) is 0 Å². The Morgan fingerprint density at radius 2 is 1.32 bits per heavy atom. The third-order valence-corrected chi connectivity index (χ3v) is 11.3. The number of hydrogen-bond donors (Lipinski definition) is 0. The SMILES string of the molecule is CC[Si](CC)(CC)OC[C@H]1CC=C[C@@H](OCc2ccccc2)[C@@H]1OCc1ccccc1. The summed E-state index contributed by atoms with van der Waals surface area (Å²) in [5, 5.41) is 0. The smallest absolute Gasteiger partial charge is 0.191 e. The molecule has 3 nitrogen and oxygen atoms in total. The minimum Gasteiger partial charge on any atom is -0.416 e. The van der Waals surface area contributed by atoms with Crippen LogP contribution in [-0.2, 0) is 27.1 Å². The Morgan fingerprint density at radius 1 is 0.774 bits per heavy atom. The molecule has 2 aromatic rings. The van der Waals surface area contributed by atoms with Crippen molar-refractivity contribution in [1.82, 2.24) is 0 Å². The van der Waals surface area contributed by atoms with Gasteiger partial charge in [0, 0.05) is 12.5 Å². The van der Waals surface area contributed by atoms with Crippen molar-refractivity contribution in [3.63, 3.8) is 0 Å². The van der Waals surface area contributed by atoms with Gasteiger partial charge in [0.25, 0.3) is 0 Å². The summed E-state index contributed by atoms with van der Waals surface area (Å²) in [5.74, 6) is 0.311. The molecular formula is C27H38O3Si. The summed E-state index contributed by atoms with van der Waals surface area (Å²) >= 11 is 0. The highest BCUT2D eigenvalue weighted by Crippen LogP contribution is 2.30. The fraction of sp³-hybridized carbons (Fsp3) is 0.481. The van der Waals surface area contributed by atoms with Gasteiger partial charge < -0.3 is 13.9 Å². The molecule has 0 unspecified atom stereocenters. The molecule has 168 valence electrons. The maximum absolute atomic E-state index is 6.68. The van der Waals surface area contributed by atoms with E-state index in [4.69, 9.17) is 13.9 Å². The van der Waals surface area contributed by atoms with E-state index in [0.29, 0.717) is 19.1 Å². The van der Waals surface area contributed by atoms with Gasteiger partial charge in [-0.1, -0.05) is 93.6 Å². The summed E-state index contributed by atoms with van der Waals surface area (Å²) in [6.45, 7) is 8.81. The molecule has 2 aromatic carbocycles. The molecule has 0 saturated carbocycles. The van der Waals surface area contributed by atoms with Crippen molar-refractivity contribution in [2.45, 2.75) is 70.7 Å². The first kappa shape index (κ1) is 23.9. The van der Waals surface area contributed by atoms with E-state index in [1.807, 2.05) is 12.1 Å². The maximum Gasteiger partial charge on any atom is 0.191 e. The number of hydrogen-bond acceptors (Lipinski definition) is 3. The molecule has 4 heteroatoms. The number of allylic oxidation sites excluding steroid dienone is 1. The summed E-state index contributed by atoms with van der Waals surface area (Å²) in [6.07, 6.45) is 5.34. The van der Waals surface area contributed by atoms with Crippen molar-refractivity contribution in [2.24, 2.45) is 5.92 Å². The molecule has 0 aliphatic heterocycles. The van der Waals surface area contributed by atoms with Gasteiger partial charge in [-0.3, -0.25) is 0 Å². The minimum absolute atomic E-state index is 0.00816. The maximum atomic E-state index is 6.68. The molecule has 3 atom stereocenters. The molecule has 0 aromatic heterocycles. The van der Waals surface area contributed by atoms with Gasteiger partial charge in [-0.05, 0) is 35.7 Å². The fourth-order valence-electron chi connectivity index (χ4n) is 4.32. The lowest BCUT2D eigenvalue weighted by atomic mass is 9.89. The van der Waals surface area contributed by atoms with Crippen LogP contribution in [0.4, 0.5) is 0 Å². The quantitative estimate of drug-likeness (QED) is 0.271. The van der Waals surface area contributed by atoms with E-state index >= 15 is 0 Å². The molecule has 0 radical (unpaired) electrons. The van der Waals surface area contributed by atoms with Gasteiger partial charge in [0.2, 0.25) is 0 Å². The number of benzene rings is 2. The monoisotopic (exact) mass is 438 g/mol. The molecule has 0 heterocycles. The lowest BCUT2D eigenvalue weighted by Crippen LogP contribution is -2.44. The van der Waals surface area contributed by atoms with E-state index < -0.39 is 8.32 Å². The molecule has 0 fully saturated rings.